The maximum atomic E-state index is 12.7. The van der Waals surface area contributed by atoms with E-state index in [9.17, 15) is 9.59 Å². The molecular formula is C15H14N4O3. The summed E-state index contributed by atoms with van der Waals surface area (Å²) in [4.78, 5) is 32.6. The van der Waals surface area contributed by atoms with Crippen LogP contribution < -0.4 is 10.6 Å². The number of ether oxygens (including phenoxy) is 1. The summed E-state index contributed by atoms with van der Waals surface area (Å²) in [7, 11) is 1.29. The molecule has 0 spiro atoms. The molecule has 7 nitrogen and oxygen atoms in total. The number of ketones is 1. The lowest BCUT2D eigenvalue weighted by Crippen LogP contribution is -2.53. The van der Waals surface area contributed by atoms with Gasteiger partial charge in [-0.2, -0.15) is 0 Å². The van der Waals surface area contributed by atoms with Crippen molar-refractivity contribution in [3.05, 3.63) is 48.5 Å². The fraction of sp³-hybridized carbons (Fsp3) is 0.200. The van der Waals surface area contributed by atoms with Gasteiger partial charge in [0.2, 0.25) is 0 Å². The van der Waals surface area contributed by atoms with E-state index in [1.807, 2.05) is 0 Å². The Labute approximate surface area is 126 Å². The van der Waals surface area contributed by atoms with Crippen LogP contribution in [0.25, 0.3) is 0 Å². The zero-order chi connectivity index (χ0) is 15.5. The standard InChI is InChI=1S/C15H14N4O3/c1-22-15(21)13-12(18-9-2-5-16-6-3-9)14(20)10-8-17-7-4-11(10)19-13/h2-8,12-13,19H,1H3,(H,16,18). The molecule has 2 unspecified atom stereocenters. The predicted molar refractivity (Wildman–Crippen MR) is 79.6 cm³/mol. The summed E-state index contributed by atoms with van der Waals surface area (Å²) < 4.78 is 4.80. The SMILES string of the molecule is COC(=O)C1Nc2ccncc2C(=O)C1Nc1ccncc1. The van der Waals surface area contributed by atoms with Gasteiger partial charge in [0.15, 0.2) is 11.8 Å². The summed E-state index contributed by atoms with van der Waals surface area (Å²) >= 11 is 0. The number of hydrogen-bond acceptors (Lipinski definition) is 7. The highest BCUT2D eigenvalue weighted by Gasteiger charge is 2.40. The number of carbonyl (C=O) groups is 2. The number of fused-ring (bicyclic) bond motifs is 1. The van der Waals surface area contributed by atoms with Crippen LogP contribution in [0.2, 0.25) is 0 Å². The van der Waals surface area contributed by atoms with Crippen LogP contribution in [0, 0.1) is 0 Å². The van der Waals surface area contributed by atoms with Gasteiger partial charge in [-0.05, 0) is 18.2 Å². The molecule has 2 N–H and O–H groups in total. The lowest BCUT2D eigenvalue weighted by molar-refractivity contribution is -0.141. The number of aromatic nitrogens is 2. The molecule has 1 aliphatic rings. The number of methoxy groups -OCH3 is 1. The van der Waals surface area contributed by atoms with Gasteiger partial charge in [-0.3, -0.25) is 14.8 Å². The summed E-state index contributed by atoms with van der Waals surface area (Å²) in [6.45, 7) is 0. The summed E-state index contributed by atoms with van der Waals surface area (Å²) in [5.41, 5.74) is 1.70. The first-order valence-electron chi connectivity index (χ1n) is 6.70. The maximum Gasteiger partial charge on any atom is 0.330 e. The predicted octanol–water partition coefficient (Wildman–Crippen LogP) is 1.11. The smallest absolute Gasteiger partial charge is 0.330 e. The number of anilines is 2. The number of pyridine rings is 2. The van der Waals surface area contributed by atoms with Crippen LogP contribution in [0.1, 0.15) is 10.4 Å². The number of carbonyl (C=O) groups excluding carboxylic acids is 2. The van der Waals surface area contributed by atoms with Gasteiger partial charge in [-0.25, -0.2) is 4.79 Å². The van der Waals surface area contributed by atoms with Gasteiger partial charge in [0.1, 0.15) is 6.04 Å². The molecule has 0 amide bonds. The Kier molecular flexibility index (Phi) is 3.69. The first-order valence-corrected chi connectivity index (χ1v) is 6.70. The van der Waals surface area contributed by atoms with Gasteiger partial charge in [-0.1, -0.05) is 0 Å². The second kappa shape index (κ2) is 5.80. The zero-order valence-electron chi connectivity index (χ0n) is 11.8. The third-order valence-corrected chi connectivity index (χ3v) is 3.47. The van der Waals surface area contributed by atoms with Crippen molar-refractivity contribution in [1.82, 2.24) is 9.97 Å². The summed E-state index contributed by atoms with van der Waals surface area (Å²) in [6, 6.07) is 3.50. The summed E-state index contributed by atoms with van der Waals surface area (Å²) in [5, 5.41) is 6.09. The first kappa shape index (κ1) is 14.0. The molecule has 0 saturated carbocycles. The van der Waals surface area contributed by atoms with E-state index in [0.29, 0.717) is 16.9 Å². The molecule has 0 bridgehead atoms. The third-order valence-electron chi connectivity index (χ3n) is 3.47. The van der Waals surface area contributed by atoms with Gasteiger partial charge in [0, 0.05) is 36.2 Å². The second-order valence-corrected chi connectivity index (χ2v) is 4.79. The average Bonchev–Trinajstić information content (AvgIpc) is 2.57. The number of hydrogen-bond donors (Lipinski definition) is 2. The topological polar surface area (TPSA) is 93.2 Å². The maximum absolute atomic E-state index is 12.7. The van der Waals surface area contributed by atoms with Crippen molar-refractivity contribution in [3.63, 3.8) is 0 Å². The van der Waals surface area contributed by atoms with E-state index >= 15 is 0 Å². The number of esters is 1. The van der Waals surface area contributed by atoms with Crippen molar-refractivity contribution >= 4 is 23.1 Å². The fourth-order valence-corrected chi connectivity index (χ4v) is 2.38. The molecule has 2 aromatic heterocycles. The average molecular weight is 298 g/mol. The third kappa shape index (κ3) is 2.48. The van der Waals surface area contributed by atoms with Gasteiger partial charge < -0.3 is 15.4 Å². The van der Waals surface area contributed by atoms with Gasteiger partial charge in [0.25, 0.3) is 0 Å². The van der Waals surface area contributed by atoms with Gasteiger partial charge >= 0.3 is 5.97 Å². The Morgan fingerprint density at radius 3 is 2.68 bits per heavy atom. The molecule has 2 atom stereocenters. The van der Waals surface area contributed by atoms with Crippen molar-refractivity contribution in [2.45, 2.75) is 12.1 Å². The van der Waals surface area contributed by atoms with Crippen LogP contribution in [-0.4, -0.2) is 40.9 Å². The van der Waals surface area contributed by atoms with E-state index in [4.69, 9.17) is 4.74 Å². The molecule has 22 heavy (non-hydrogen) atoms. The van der Waals surface area contributed by atoms with Crippen molar-refractivity contribution in [2.24, 2.45) is 0 Å². The lowest BCUT2D eigenvalue weighted by atomic mass is 9.92. The van der Waals surface area contributed by atoms with Gasteiger partial charge in [-0.15, -0.1) is 0 Å². The van der Waals surface area contributed by atoms with Crippen LogP contribution in [-0.2, 0) is 9.53 Å². The van der Waals surface area contributed by atoms with E-state index in [-0.39, 0.29) is 5.78 Å². The van der Waals surface area contributed by atoms with Crippen LogP contribution in [0.15, 0.2) is 43.0 Å². The Bertz CT molecular complexity index is 705. The van der Waals surface area contributed by atoms with Crippen molar-refractivity contribution in [3.8, 4) is 0 Å². The van der Waals surface area contributed by atoms with Crippen molar-refractivity contribution in [1.29, 1.82) is 0 Å². The van der Waals surface area contributed by atoms with Gasteiger partial charge in [0.05, 0.1) is 12.7 Å². The van der Waals surface area contributed by atoms with Crippen molar-refractivity contribution in [2.75, 3.05) is 17.7 Å². The molecule has 0 saturated heterocycles. The zero-order valence-corrected chi connectivity index (χ0v) is 11.8. The molecular weight excluding hydrogens is 284 g/mol. The van der Waals surface area contributed by atoms with Crippen molar-refractivity contribution < 1.29 is 14.3 Å². The van der Waals surface area contributed by atoms with E-state index in [1.54, 1.807) is 36.8 Å². The molecule has 0 aromatic carbocycles. The number of rotatable bonds is 3. The molecule has 0 fully saturated rings. The van der Waals surface area contributed by atoms with Crippen LogP contribution in [0.5, 0.6) is 0 Å². The largest absolute Gasteiger partial charge is 0.467 e. The molecule has 112 valence electrons. The van der Waals surface area contributed by atoms with E-state index in [1.165, 1.54) is 13.3 Å². The molecule has 3 heterocycles. The fourth-order valence-electron chi connectivity index (χ4n) is 2.38. The molecule has 3 rings (SSSR count). The Morgan fingerprint density at radius 1 is 1.23 bits per heavy atom. The van der Waals surface area contributed by atoms with Crippen LogP contribution in [0.4, 0.5) is 11.4 Å². The summed E-state index contributed by atoms with van der Waals surface area (Å²) in [5.74, 6) is -0.726. The number of Topliss-reactive ketones (excluding diaryl/α,β-unsaturated/α-hetero) is 1. The quantitative estimate of drug-likeness (QED) is 0.820. The van der Waals surface area contributed by atoms with Crippen LogP contribution >= 0.6 is 0 Å². The monoisotopic (exact) mass is 298 g/mol. The second-order valence-electron chi connectivity index (χ2n) is 4.79. The Morgan fingerprint density at radius 2 is 1.95 bits per heavy atom. The van der Waals surface area contributed by atoms with E-state index < -0.39 is 18.1 Å². The highest BCUT2D eigenvalue weighted by atomic mass is 16.5. The molecule has 2 aromatic rings. The Hall–Kier alpha value is -2.96. The molecule has 7 heteroatoms. The minimum atomic E-state index is -0.819. The Balaban J connectivity index is 1.97. The number of nitrogens with zero attached hydrogens (tertiary/aromatic N) is 2. The first-order chi connectivity index (χ1) is 10.7. The molecule has 0 radical (unpaired) electrons. The minimum absolute atomic E-state index is 0.214. The minimum Gasteiger partial charge on any atom is -0.467 e. The van der Waals surface area contributed by atoms with Crippen LogP contribution in [0.3, 0.4) is 0 Å². The van der Waals surface area contributed by atoms with E-state index in [0.717, 1.165) is 0 Å². The normalized spacial score (nSPS) is 19.8. The molecule has 0 aliphatic carbocycles. The molecule has 1 aliphatic heterocycles. The highest BCUT2D eigenvalue weighted by Crippen LogP contribution is 2.26. The lowest BCUT2D eigenvalue weighted by Gasteiger charge is -2.32. The summed E-state index contributed by atoms with van der Waals surface area (Å²) in [6.07, 6.45) is 6.25. The van der Waals surface area contributed by atoms with E-state index in [2.05, 4.69) is 20.6 Å². The highest BCUT2D eigenvalue weighted by molar-refractivity contribution is 6.11. The number of nitrogens with one attached hydrogen (secondary N) is 2.